The Hall–Kier alpha value is -0.500. The molecule has 0 bridgehead atoms. The van der Waals surface area contributed by atoms with Gasteiger partial charge in [-0.05, 0) is 20.8 Å². The largest absolute Gasteiger partial charge is 0.403 e. The van der Waals surface area contributed by atoms with Crippen molar-refractivity contribution in [1.29, 1.82) is 0 Å². The van der Waals surface area contributed by atoms with Gasteiger partial charge in [0.05, 0.1) is 10.7 Å². The van der Waals surface area contributed by atoms with Crippen molar-refractivity contribution in [3.8, 4) is 0 Å². The van der Waals surface area contributed by atoms with Gasteiger partial charge < -0.3 is 5.73 Å². The number of hydrogen-bond acceptors (Lipinski definition) is 2. The molecular weight excluding hydrogens is 172 g/mol. The van der Waals surface area contributed by atoms with Gasteiger partial charge in [0.25, 0.3) is 0 Å². The summed E-state index contributed by atoms with van der Waals surface area (Å²) >= 11 is 5.67. The predicted molar refractivity (Wildman–Crippen MR) is 57.7 cm³/mol. The summed E-state index contributed by atoms with van der Waals surface area (Å²) in [6, 6.07) is 0.272. The molecular formula is C9H19ClN2. The third-order valence-corrected chi connectivity index (χ3v) is 1.34. The third kappa shape index (κ3) is 7.61. The van der Waals surface area contributed by atoms with Crippen LogP contribution >= 0.6 is 11.6 Å². The summed E-state index contributed by atoms with van der Waals surface area (Å²) < 4.78 is 0. The van der Waals surface area contributed by atoms with Crippen molar-refractivity contribution in [2.24, 2.45) is 10.7 Å². The minimum absolute atomic E-state index is 0.272. The fourth-order valence-electron chi connectivity index (χ4n) is 0.570. The van der Waals surface area contributed by atoms with E-state index < -0.39 is 0 Å². The summed E-state index contributed by atoms with van der Waals surface area (Å²) in [4.78, 5) is 4.18. The van der Waals surface area contributed by atoms with Crippen LogP contribution in [-0.4, -0.2) is 11.8 Å². The van der Waals surface area contributed by atoms with Gasteiger partial charge in [0, 0.05) is 12.2 Å². The number of hydrogen-bond donors (Lipinski definition) is 1. The average Bonchev–Trinajstić information content (AvgIpc) is 2.05. The predicted octanol–water partition coefficient (Wildman–Crippen LogP) is 2.92. The molecule has 0 amide bonds. The Morgan fingerprint density at radius 3 is 2.08 bits per heavy atom. The molecule has 72 valence electrons. The second-order valence-corrected chi connectivity index (χ2v) is 2.73. The Bertz CT molecular complexity index is 160. The van der Waals surface area contributed by atoms with Crippen molar-refractivity contribution >= 4 is 17.3 Å². The first-order valence-electron chi connectivity index (χ1n) is 4.20. The summed E-state index contributed by atoms with van der Waals surface area (Å²) in [6.45, 7) is 9.82. The molecule has 0 aliphatic heterocycles. The Morgan fingerprint density at radius 1 is 1.42 bits per heavy atom. The van der Waals surface area contributed by atoms with Crippen LogP contribution in [0.5, 0.6) is 0 Å². The molecule has 12 heavy (non-hydrogen) atoms. The van der Waals surface area contributed by atoms with Crippen LogP contribution in [0.1, 0.15) is 34.6 Å². The summed E-state index contributed by atoms with van der Waals surface area (Å²) in [5.74, 6) is 0. The Kier molecular flexibility index (Phi) is 10.1. The smallest absolute Gasteiger partial charge is 0.0768 e. The number of nitrogens with zero attached hydrogens (tertiary/aromatic N) is 1. The molecule has 0 radical (unpaired) electrons. The molecule has 0 spiro atoms. The summed E-state index contributed by atoms with van der Waals surface area (Å²) in [5.41, 5.74) is 5.96. The number of halogens is 1. The van der Waals surface area contributed by atoms with Crippen molar-refractivity contribution in [2.75, 3.05) is 0 Å². The zero-order valence-electron chi connectivity index (χ0n) is 8.56. The SMILES string of the molecule is CC.CC(=NC(C)C)/C(Cl)=C\N. The number of aliphatic imine (C=N–C) groups is 1. The molecule has 0 aliphatic carbocycles. The van der Waals surface area contributed by atoms with Crippen LogP contribution in [0.25, 0.3) is 0 Å². The highest BCUT2D eigenvalue weighted by molar-refractivity contribution is 6.43. The maximum absolute atomic E-state index is 5.67. The molecule has 3 heteroatoms. The molecule has 2 nitrogen and oxygen atoms in total. The van der Waals surface area contributed by atoms with Gasteiger partial charge in [0.1, 0.15) is 0 Å². The molecule has 0 saturated carbocycles. The fraction of sp³-hybridized carbons (Fsp3) is 0.667. The van der Waals surface area contributed by atoms with Crippen molar-refractivity contribution < 1.29 is 0 Å². The van der Waals surface area contributed by atoms with Gasteiger partial charge in [0.15, 0.2) is 0 Å². The van der Waals surface area contributed by atoms with E-state index in [1.54, 1.807) is 0 Å². The third-order valence-electron chi connectivity index (χ3n) is 0.944. The molecule has 0 aromatic rings. The second-order valence-electron chi connectivity index (χ2n) is 2.32. The van der Waals surface area contributed by atoms with E-state index in [1.165, 1.54) is 6.20 Å². The number of nitrogens with two attached hydrogens (primary N) is 1. The van der Waals surface area contributed by atoms with Gasteiger partial charge in [0.2, 0.25) is 0 Å². The highest BCUT2D eigenvalue weighted by Crippen LogP contribution is 2.03. The highest BCUT2D eigenvalue weighted by atomic mass is 35.5. The minimum atomic E-state index is 0.272. The van der Waals surface area contributed by atoms with Crippen LogP contribution in [0.2, 0.25) is 0 Å². The van der Waals surface area contributed by atoms with Crippen LogP contribution in [0.15, 0.2) is 16.2 Å². The molecule has 0 heterocycles. The van der Waals surface area contributed by atoms with Crippen molar-refractivity contribution in [2.45, 2.75) is 40.7 Å². The fourth-order valence-corrected chi connectivity index (χ4v) is 0.618. The molecule has 0 aliphatic rings. The lowest BCUT2D eigenvalue weighted by atomic mass is 10.3. The molecule has 0 saturated heterocycles. The Balaban J connectivity index is 0. The molecule has 0 fully saturated rings. The zero-order chi connectivity index (χ0) is 10.1. The summed E-state index contributed by atoms with van der Waals surface area (Å²) in [5, 5.41) is 0.522. The van der Waals surface area contributed by atoms with Crippen LogP contribution in [0.4, 0.5) is 0 Å². The van der Waals surface area contributed by atoms with Crippen LogP contribution in [0.3, 0.4) is 0 Å². The lowest BCUT2D eigenvalue weighted by molar-refractivity contribution is 0.836. The molecule has 2 N–H and O–H groups in total. The van der Waals surface area contributed by atoms with Gasteiger partial charge in [-0.15, -0.1) is 0 Å². The van der Waals surface area contributed by atoms with Crippen molar-refractivity contribution in [1.82, 2.24) is 0 Å². The van der Waals surface area contributed by atoms with Gasteiger partial charge in [-0.1, -0.05) is 25.4 Å². The van der Waals surface area contributed by atoms with E-state index in [9.17, 15) is 0 Å². The van der Waals surface area contributed by atoms with E-state index >= 15 is 0 Å². The Morgan fingerprint density at radius 2 is 1.83 bits per heavy atom. The molecule has 0 rings (SSSR count). The molecule has 0 aromatic heterocycles. The van der Waals surface area contributed by atoms with Crippen LogP contribution in [-0.2, 0) is 0 Å². The van der Waals surface area contributed by atoms with E-state index in [1.807, 2.05) is 34.6 Å². The second kappa shape index (κ2) is 8.60. The molecule has 0 unspecified atom stereocenters. The topological polar surface area (TPSA) is 38.4 Å². The number of allylic oxidation sites excluding steroid dienone is 1. The standard InChI is InChI=1S/C7H13ClN2.C2H6/c1-5(2)10-6(3)7(8)4-9;1-2/h4-5H,9H2,1-3H3;1-2H3/b7-4+,10-6?;. The maximum atomic E-state index is 5.67. The van der Waals surface area contributed by atoms with E-state index in [0.717, 1.165) is 5.71 Å². The van der Waals surface area contributed by atoms with Crippen LogP contribution < -0.4 is 5.73 Å². The van der Waals surface area contributed by atoms with E-state index in [4.69, 9.17) is 17.3 Å². The van der Waals surface area contributed by atoms with Gasteiger partial charge in [-0.25, -0.2) is 0 Å². The van der Waals surface area contributed by atoms with Gasteiger partial charge in [-0.2, -0.15) is 0 Å². The van der Waals surface area contributed by atoms with Crippen molar-refractivity contribution in [3.63, 3.8) is 0 Å². The minimum Gasteiger partial charge on any atom is -0.403 e. The van der Waals surface area contributed by atoms with E-state index in [-0.39, 0.29) is 6.04 Å². The first-order chi connectivity index (χ1) is 5.57. The lowest BCUT2D eigenvalue weighted by Gasteiger charge is -1.99. The van der Waals surface area contributed by atoms with Crippen molar-refractivity contribution in [3.05, 3.63) is 11.2 Å². The highest BCUT2D eigenvalue weighted by Gasteiger charge is 1.96. The molecule has 0 aromatic carbocycles. The first kappa shape index (κ1) is 14.0. The van der Waals surface area contributed by atoms with Crippen LogP contribution in [0, 0.1) is 0 Å². The summed E-state index contributed by atoms with van der Waals surface area (Å²) in [6.07, 6.45) is 1.35. The maximum Gasteiger partial charge on any atom is 0.0768 e. The zero-order valence-corrected chi connectivity index (χ0v) is 9.31. The van der Waals surface area contributed by atoms with E-state index in [0.29, 0.717) is 5.03 Å². The lowest BCUT2D eigenvalue weighted by Crippen LogP contribution is -1.99. The van der Waals surface area contributed by atoms with Gasteiger partial charge >= 0.3 is 0 Å². The summed E-state index contributed by atoms with van der Waals surface area (Å²) in [7, 11) is 0. The Labute approximate surface area is 80.5 Å². The number of rotatable bonds is 2. The monoisotopic (exact) mass is 190 g/mol. The quantitative estimate of drug-likeness (QED) is 0.669. The average molecular weight is 191 g/mol. The molecule has 0 atom stereocenters. The normalized spacial score (nSPS) is 12.6. The van der Waals surface area contributed by atoms with Gasteiger partial charge in [-0.3, -0.25) is 4.99 Å². The van der Waals surface area contributed by atoms with E-state index in [2.05, 4.69) is 4.99 Å². The first-order valence-corrected chi connectivity index (χ1v) is 4.58.